The van der Waals surface area contributed by atoms with E-state index in [4.69, 9.17) is 0 Å². The fraction of sp³-hybridized carbons (Fsp3) is 0.667. The topological polar surface area (TPSA) is 69.7 Å². The monoisotopic (exact) mass is 405 g/mol. The van der Waals surface area contributed by atoms with E-state index in [9.17, 15) is 13.2 Å². The van der Waals surface area contributed by atoms with Gasteiger partial charge >= 0.3 is 0 Å². The number of fused-ring (bicyclic) bond motifs is 1. The molecule has 1 amide bonds. The molecule has 1 aromatic rings. The molecule has 154 valence electrons. The van der Waals surface area contributed by atoms with Gasteiger partial charge in [-0.2, -0.15) is 4.31 Å². The minimum absolute atomic E-state index is 0.0538. The van der Waals surface area contributed by atoms with Crippen molar-refractivity contribution in [1.29, 1.82) is 0 Å². The maximum Gasteiger partial charge on any atom is 0.243 e. The van der Waals surface area contributed by atoms with Crippen LogP contribution in [0.15, 0.2) is 29.2 Å². The van der Waals surface area contributed by atoms with Crippen LogP contribution in [0.1, 0.15) is 51.4 Å². The molecule has 3 fully saturated rings. The summed E-state index contributed by atoms with van der Waals surface area (Å²) in [7, 11) is -3.47. The Morgan fingerprint density at radius 1 is 1.00 bits per heavy atom. The third-order valence-electron chi connectivity index (χ3n) is 6.53. The van der Waals surface area contributed by atoms with Gasteiger partial charge in [-0.3, -0.25) is 9.69 Å². The summed E-state index contributed by atoms with van der Waals surface area (Å²) in [5, 5.41) is 2.92. The molecule has 0 radical (unpaired) electrons. The fourth-order valence-corrected chi connectivity index (χ4v) is 6.68. The standard InChI is InChI=1S/C21H31N3O3S/c25-21(16-23-12-6-8-17-7-1-2-11-20(17)23)22-18-9-5-10-19(15-18)28(26,27)24-13-3-4-14-24/h5,9-10,15,17,20H,1-4,6-8,11-14,16H2,(H,22,25)/t17-,20+/m0/s1. The molecule has 1 aromatic carbocycles. The fourth-order valence-electron chi connectivity index (χ4n) is 5.12. The van der Waals surface area contributed by atoms with Gasteiger partial charge in [-0.15, -0.1) is 0 Å². The molecule has 0 unspecified atom stereocenters. The van der Waals surface area contributed by atoms with Gasteiger partial charge in [0.25, 0.3) is 0 Å². The van der Waals surface area contributed by atoms with Crippen LogP contribution in [0.2, 0.25) is 0 Å². The van der Waals surface area contributed by atoms with Crippen molar-refractivity contribution in [1.82, 2.24) is 9.21 Å². The lowest BCUT2D eigenvalue weighted by molar-refractivity contribution is -0.118. The summed E-state index contributed by atoms with van der Waals surface area (Å²) in [6.07, 6.45) is 9.34. The zero-order chi connectivity index (χ0) is 19.6. The van der Waals surface area contributed by atoms with Crippen molar-refractivity contribution in [3.8, 4) is 0 Å². The number of anilines is 1. The molecule has 6 nitrogen and oxygen atoms in total. The summed E-state index contributed by atoms with van der Waals surface area (Å²) in [6.45, 7) is 2.54. The second-order valence-electron chi connectivity index (χ2n) is 8.41. The van der Waals surface area contributed by atoms with E-state index in [0.717, 1.165) is 31.7 Å². The Labute approximate surface area is 168 Å². The first kappa shape index (κ1) is 19.9. The summed E-state index contributed by atoms with van der Waals surface area (Å²) >= 11 is 0. The molecule has 1 N–H and O–H groups in total. The number of amides is 1. The van der Waals surface area contributed by atoms with Crippen LogP contribution >= 0.6 is 0 Å². The van der Waals surface area contributed by atoms with E-state index >= 15 is 0 Å². The first-order chi connectivity index (χ1) is 13.5. The number of carbonyl (C=O) groups excluding carboxylic acids is 1. The highest BCUT2D eigenvalue weighted by molar-refractivity contribution is 7.89. The van der Waals surface area contributed by atoms with E-state index in [2.05, 4.69) is 10.2 Å². The highest BCUT2D eigenvalue weighted by Gasteiger charge is 2.34. The molecule has 2 saturated heterocycles. The minimum Gasteiger partial charge on any atom is -0.325 e. The third kappa shape index (κ3) is 4.26. The van der Waals surface area contributed by atoms with Crippen LogP contribution in [0.3, 0.4) is 0 Å². The SMILES string of the molecule is O=C(CN1CCC[C@@H]2CCCC[C@H]21)Nc1cccc(S(=O)(=O)N2CCCC2)c1. The number of carbonyl (C=O) groups is 1. The molecule has 1 saturated carbocycles. The first-order valence-electron chi connectivity index (χ1n) is 10.7. The number of benzene rings is 1. The maximum absolute atomic E-state index is 12.8. The zero-order valence-corrected chi connectivity index (χ0v) is 17.3. The highest BCUT2D eigenvalue weighted by atomic mass is 32.2. The Balaban J connectivity index is 1.40. The van der Waals surface area contributed by atoms with E-state index in [0.29, 0.717) is 31.4 Å². The maximum atomic E-state index is 12.8. The molecule has 28 heavy (non-hydrogen) atoms. The van der Waals surface area contributed by atoms with Crippen molar-refractivity contribution >= 4 is 21.6 Å². The summed E-state index contributed by atoms with van der Waals surface area (Å²) in [5.41, 5.74) is 0.558. The van der Waals surface area contributed by atoms with E-state index < -0.39 is 10.0 Å². The lowest BCUT2D eigenvalue weighted by Gasteiger charge is -2.43. The van der Waals surface area contributed by atoms with Crippen LogP contribution in [-0.4, -0.2) is 55.8 Å². The van der Waals surface area contributed by atoms with Gasteiger partial charge in [-0.25, -0.2) is 8.42 Å². The zero-order valence-electron chi connectivity index (χ0n) is 16.5. The predicted molar refractivity (Wildman–Crippen MR) is 110 cm³/mol. The number of nitrogens with one attached hydrogen (secondary N) is 1. The van der Waals surface area contributed by atoms with Gasteiger partial charge in [0.15, 0.2) is 0 Å². The molecular weight excluding hydrogens is 374 g/mol. The molecule has 0 aromatic heterocycles. The molecule has 0 spiro atoms. The van der Waals surface area contributed by atoms with E-state index in [1.165, 1.54) is 36.4 Å². The second kappa shape index (κ2) is 8.51. The number of piperidine rings is 1. The molecule has 2 atom stereocenters. The van der Waals surface area contributed by atoms with Gasteiger partial charge in [-0.1, -0.05) is 18.9 Å². The van der Waals surface area contributed by atoms with E-state index in [-0.39, 0.29) is 10.8 Å². The largest absolute Gasteiger partial charge is 0.325 e. The summed E-state index contributed by atoms with van der Waals surface area (Å²) in [5.74, 6) is 0.686. The lowest BCUT2D eigenvalue weighted by Crippen LogP contribution is -2.49. The highest BCUT2D eigenvalue weighted by Crippen LogP contribution is 2.35. The van der Waals surface area contributed by atoms with Gasteiger partial charge in [0.1, 0.15) is 0 Å². The minimum atomic E-state index is -3.47. The Morgan fingerprint density at radius 2 is 1.75 bits per heavy atom. The summed E-state index contributed by atoms with van der Waals surface area (Å²) in [4.78, 5) is 15.3. The average molecular weight is 406 g/mol. The van der Waals surface area contributed by atoms with Crippen molar-refractivity contribution in [2.45, 2.75) is 62.3 Å². The quantitative estimate of drug-likeness (QED) is 0.817. The molecule has 2 aliphatic heterocycles. The Hall–Kier alpha value is -1.44. The molecule has 2 heterocycles. The Morgan fingerprint density at radius 3 is 2.57 bits per heavy atom. The summed E-state index contributed by atoms with van der Waals surface area (Å²) in [6, 6.07) is 7.21. The van der Waals surface area contributed by atoms with Crippen molar-refractivity contribution in [3.63, 3.8) is 0 Å². The van der Waals surface area contributed by atoms with Crippen molar-refractivity contribution in [2.24, 2.45) is 5.92 Å². The van der Waals surface area contributed by atoms with E-state index in [1.807, 2.05) is 0 Å². The van der Waals surface area contributed by atoms with Crippen LogP contribution < -0.4 is 5.32 Å². The number of sulfonamides is 1. The lowest BCUT2D eigenvalue weighted by atomic mass is 9.78. The van der Waals surface area contributed by atoms with Crippen molar-refractivity contribution in [2.75, 3.05) is 31.5 Å². The average Bonchev–Trinajstić information content (AvgIpc) is 3.24. The van der Waals surface area contributed by atoms with Crippen LogP contribution in [0.25, 0.3) is 0 Å². The number of likely N-dealkylation sites (tertiary alicyclic amines) is 1. The Bertz CT molecular complexity index is 803. The van der Waals surface area contributed by atoms with Gasteiger partial charge in [0.2, 0.25) is 15.9 Å². The summed E-state index contributed by atoms with van der Waals surface area (Å²) < 4.78 is 27.0. The molecule has 3 aliphatic rings. The second-order valence-corrected chi connectivity index (χ2v) is 10.3. The predicted octanol–water partition coefficient (Wildman–Crippen LogP) is 3.06. The molecular formula is C21H31N3O3S. The Kier molecular flexibility index (Phi) is 6.04. The van der Waals surface area contributed by atoms with Crippen molar-refractivity contribution < 1.29 is 13.2 Å². The molecule has 1 aliphatic carbocycles. The van der Waals surface area contributed by atoms with Gasteiger partial charge in [0, 0.05) is 24.8 Å². The van der Waals surface area contributed by atoms with Crippen LogP contribution in [0.5, 0.6) is 0 Å². The molecule has 4 rings (SSSR count). The van der Waals surface area contributed by atoms with Crippen molar-refractivity contribution in [3.05, 3.63) is 24.3 Å². The van der Waals surface area contributed by atoms with Gasteiger partial charge in [0.05, 0.1) is 11.4 Å². The number of hydrogen-bond acceptors (Lipinski definition) is 4. The van der Waals surface area contributed by atoms with E-state index in [1.54, 1.807) is 24.3 Å². The van der Waals surface area contributed by atoms with Crippen LogP contribution in [0, 0.1) is 5.92 Å². The van der Waals surface area contributed by atoms with Crippen LogP contribution in [-0.2, 0) is 14.8 Å². The van der Waals surface area contributed by atoms with Gasteiger partial charge < -0.3 is 5.32 Å². The number of hydrogen-bond donors (Lipinski definition) is 1. The molecule has 0 bridgehead atoms. The van der Waals surface area contributed by atoms with Gasteiger partial charge in [-0.05, 0) is 69.2 Å². The normalized spacial score (nSPS) is 26.7. The smallest absolute Gasteiger partial charge is 0.243 e. The first-order valence-corrected chi connectivity index (χ1v) is 12.1. The van der Waals surface area contributed by atoms with Crippen LogP contribution in [0.4, 0.5) is 5.69 Å². The third-order valence-corrected chi connectivity index (χ3v) is 8.42. The molecule has 7 heteroatoms. The number of nitrogens with zero attached hydrogens (tertiary/aromatic N) is 2. The number of rotatable bonds is 5.